The first-order valence-corrected chi connectivity index (χ1v) is 16.1. The molecule has 11 nitrogen and oxygen atoms in total. The number of phenolic OH excluding ortho intramolecular Hbond substituents is 1. The van der Waals surface area contributed by atoms with Gasteiger partial charge in [0.2, 0.25) is 6.29 Å². The fraction of sp³-hybridized carbons (Fsp3) is 0.500. The summed E-state index contributed by atoms with van der Waals surface area (Å²) in [6.07, 6.45) is -3.78. The molecule has 3 aromatic carbocycles. The highest BCUT2D eigenvalue weighted by atomic mass is 16.7. The van der Waals surface area contributed by atoms with E-state index < -0.39 is 48.5 Å². The molecular weight excluding hydrogens is 608 g/mol. The first-order valence-electron chi connectivity index (χ1n) is 16.1. The third kappa shape index (κ3) is 7.30. The summed E-state index contributed by atoms with van der Waals surface area (Å²) in [6.45, 7) is 4.33. The van der Waals surface area contributed by atoms with Gasteiger partial charge in [-0.05, 0) is 79.5 Å². The number of aromatic hydroxyl groups is 1. The molecule has 2 fully saturated rings. The van der Waals surface area contributed by atoms with Crippen molar-refractivity contribution in [3.63, 3.8) is 0 Å². The number of carboxylic acids is 1. The molecule has 6 atom stereocenters. The Morgan fingerprint density at radius 2 is 1.79 bits per heavy atom. The van der Waals surface area contributed by atoms with Crippen molar-refractivity contribution >= 4 is 22.5 Å². The molecule has 254 valence electrons. The Bertz CT molecular complexity index is 1560. The number of ether oxygens (including phenoxy) is 3. The quantitative estimate of drug-likeness (QED) is 0.157. The molecule has 47 heavy (non-hydrogen) atoms. The van der Waals surface area contributed by atoms with E-state index in [4.69, 9.17) is 14.2 Å². The molecule has 0 aliphatic carbocycles. The van der Waals surface area contributed by atoms with E-state index in [1.807, 2.05) is 30.3 Å². The number of aryl methyl sites for hydroxylation is 2. The second-order valence-electron chi connectivity index (χ2n) is 12.9. The van der Waals surface area contributed by atoms with Crippen LogP contribution in [0.3, 0.4) is 0 Å². The van der Waals surface area contributed by atoms with Gasteiger partial charge in [-0.1, -0.05) is 43.3 Å². The van der Waals surface area contributed by atoms with Gasteiger partial charge < -0.3 is 44.8 Å². The number of carbonyl (C=O) groups is 2. The Kier molecular flexibility index (Phi) is 10.8. The molecule has 11 heteroatoms. The summed E-state index contributed by atoms with van der Waals surface area (Å²) in [6, 6.07) is 13.5. The molecule has 2 heterocycles. The number of ketones is 1. The smallest absolute Gasteiger partial charge is 0.335 e. The number of aliphatic hydroxyl groups is 4. The van der Waals surface area contributed by atoms with Crippen LogP contribution in [0.1, 0.15) is 70.9 Å². The van der Waals surface area contributed by atoms with Gasteiger partial charge in [0.25, 0.3) is 0 Å². The fourth-order valence-electron chi connectivity index (χ4n) is 6.92. The predicted molar refractivity (Wildman–Crippen MR) is 172 cm³/mol. The van der Waals surface area contributed by atoms with Crippen molar-refractivity contribution in [1.29, 1.82) is 0 Å². The molecule has 0 bridgehead atoms. The molecule has 0 saturated carbocycles. The lowest BCUT2D eigenvalue weighted by molar-refractivity contribution is -0.315. The Labute approximate surface area is 273 Å². The van der Waals surface area contributed by atoms with E-state index in [-0.39, 0.29) is 52.2 Å². The second kappa shape index (κ2) is 14.7. The zero-order valence-electron chi connectivity index (χ0n) is 26.7. The van der Waals surface area contributed by atoms with Gasteiger partial charge >= 0.3 is 5.97 Å². The first-order chi connectivity index (χ1) is 22.4. The summed E-state index contributed by atoms with van der Waals surface area (Å²) in [5.74, 6) is -1.70. The van der Waals surface area contributed by atoms with Crippen LogP contribution < -0.4 is 4.74 Å². The lowest BCUT2D eigenvalue weighted by Crippen LogP contribution is -2.67. The maximum Gasteiger partial charge on any atom is 0.335 e. The minimum absolute atomic E-state index is 0.0145. The average molecular weight is 653 g/mol. The van der Waals surface area contributed by atoms with Crippen LogP contribution in [0, 0.1) is 18.8 Å². The van der Waals surface area contributed by atoms with E-state index in [1.54, 1.807) is 13.0 Å². The molecule has 6 N–H and O–H groups in total. The van der Waals surface area contributed by atoms with Gasteiger partial charge in [-0.3, -0.25) is 4.79 Å². The number of phenols is 1. The van der Waals surface area contributed by atoms with Crippen molar-refractivity contribution in [2.45, 2.75) is 82.6 Å². The Morgan fingerprint density at radius 3 is 2.45 bits per heavy atom. The fourth-order valence-corrected chi connectivity index (χ4v) is 6.92. The summed E-state index contributed by atoms with van der Waals surface area (Å²) in [5, 5.41) is 65.7. The third-order valence-electron chi connectivity index (χ3n) is 9.83. The van der Waals surface area contributed by atoms with E-state index >= 15 is 0 Å². The van der Waals surface area contributed by atoms with Crippen LogP contribution in [0.15, 0.2) is 48.5 Å². The van der Waals surface area contributed by atoms with Gasteiger partial charge in [-0.15, -0.1) is 0 Å². The molecular formula is C36H44O11. The minimum Gasteiger partial charge on any atom is -0.506 e. The molecule has 0 amide bonds. The van der Waals surface area contributed by atoms with Crippen LogP contribution in [0.4, 0.5) is 0 Å². The van der Waals surface area contributed by atoms with E-state index in [2.05, 4.69) is 6.92 Å². The summed E-state index contributed by atoms with van der Waals surface area (Å²) >= 11 is 0. The summed E-state index contributed by atoms with van der Waals surface area (Å²) in [4.78, 5) is 25.4. The molecule has 3 aromatic rings. The average Bonchev–Trinajstić information content (AvgIpc) is 3.07. The van der Waals surface area contributed by atoms with Gasteiger partial charge in [-0.25, -0.2) is 4.79 Å². The molecule has 5 rings (SSSR count). The van der Waals surface area contributed by atoms with Crippen LogP contribution >= 0.6 is 0 Å². The number of Topliss-reactive ketones (excluding diaryl/α,β-unsaturated/α-hetero) is 1. The normalized spacial score (nSPS) is 25.8. The molecule has 2 aliphatic heterocycles. The predicted octanol–water partition coefficient (Wildman–Crippen LogP) is 3.76. The molecule has 0 unspecified atom stereocenters. The van der Waals surface area contributed by atoms with E-state index in [9.17, 15) is 40.2 Å². The Balaban J connectivity index is 1.42. The van der Waals surface area contributed by atoms with E-state index in [0.29, 0.717) is 37.5 Å². The van der Waals surface area contributed by atoms with Crippen LogP contribution in [-0.2, 0) is 15.9 Å². The van der Waals surface area contributed by atoms with Gasteiger partial charge in [0, 0.05) is 19.6 Å². The number of hydrogen-bond acceptors (Lipinski definition) is 10. The molecule has 2 aliphatic rings. The number of fused-ring (bicyclic) bond motifs is 1. The Morgan fingerprint density at radius 1 is 1.09 bits per heavy atom. The lowest BCUT2D eigenvalue weighted by Gasteiger charge is -2.48. The van der Waals surface area contributed by atoms with Crippen LogP contribution in [0.5, 0.6) is 11.5 Å². The largest absolute Gasteiger partial charge is 0.506 e. The number of benzene rings is 3. The van der Waals surface area contributed by atoms with Crippen molar-refractivity contribution in [2.24, 2.45) is 11.8 Å². The van der Waals surface area contributed by atoms with Crippen molar-refractivity contribution in [1.82, 2.24) is 0 Å². The van der Waals surface area contributed by atoms with Crippen LogP contribution in [0.2, 0.25) is 0 Å². The van der Waals surface area contributed by atoms with E-state index in [0.717, 1.165) is 24.5 Å². The van der Waals surface area contributed by atoms with Crippen molar-refractivity contribution in [3.8, 4) is 11.5 Å². The van der Waals surface area contributed by atoms with Crippen molar-refractivity contribution in [2.75, 3.05) is 19.8 Å². The van der Waals surface area contributed by atoms with Gasteiger partial charge in [0.1, 0.15) is 35.4 Å². The minimum atomic E-state index is -2.00. The number of aromatic carboxylic acids is 1. The monoisotopic (exact) mass is 652 g/mol. The van der Waals surface area contributed by atoms with Gasteiger partial charge in [0.15, 0.2) is 5.78 Å². The zero-order valence-corrected chi connectivity index (χ0v) is 26.7. The van der Waals surface area contributed by atoms with Crippen molar-refractivity contribution in [3.05, 3.63) is 70.8 Å². The zero-order chi connectivity index (χ0) is 33.9. The number of aliphatic hydroxyl groups excluding tert-OH is 3. The van der Waals surface area contributed by atoms with Crippen molar-refractivity contribution < 1.29 is 54.4 Å². The molecule has 0 spiro atoms. The SMILES string of the molecule is Cc1cc2cc(C(=O)O)cc(O[C@H]3O[C@H](CO)[C@](O)(CC[C@@H](C)C4CCOCC4)[C@H](O)[C@H]3O)c2c(O)c1C(=O)CCc1ccccc1. The highest BCUT2D eigenvalue weighted by Crippen LogP contribution is 2.42. The number of hydrogen-bond donors (Lipinski definition) is 6. The molecule has 0 radical (unpaired) electrons. The highest BCUT2D eigenvalue weighted by Gasteiger charge is 2.55. The van der Waals surface area contributed by atoms with E-state index in [1.165, 1.54) is 6.07 Å². The standard InChI is InChI=1S/C36H44O11/c1-20(23-11-14-45-15-12-23)10-13-36(44)28(19-37)47-35(32(40)33(36)41)46-27-18-25(34(42)43)17-24-16-21(2)29(31(39)30(24)27)26(38)9-8-22-6-4-3-5-7-22/h3-7,16-18,20,23,28,32-33,35,37,39-41,44H,8-15,19H2,1-2H3,(H,42,43)/t20-,28-,32-,33-,35+,36-/m1/s1. The van der Waals surface area contributed by atoms with Gasteiger partial charge in [0.05, 0.1) is 23.1 Å². The topological polar surface area (TPSA) is 183 Å². The Hall–Kier alpha value is -3.58. The number of rotatable bonds is 12. The second-order valence-corrected chi connectivity index (χ2v) is 12.9. The summed E-state index contributed by atoms with van der Waals surface area (Å²) < 4.78 is 17.3. The lowest BCUT2D eigenvalue weighted by atomic mass is 9.76. The maximum absolute atomic E-state index is 13.4. The summed E-state index contributed by atoms with van der Waals surface area (Å²) in [7, 11) is 0. The van der Waals surface area contributed by atoms with Crippen LogP contribution in [-0.4, -0.2) is 92.4 Å². The number of carbonyl (C=O) groups excluding carboxylic acids is 1. The third-order valence-corrected chi connectivity index (χ3v) is 9.83. The number of carboxylic acid groups (broad SMARTS) is 1. The molecule has 0 aromatic heterocycles. The highest BCUT2D eigenvalue weighted by molar-refractivity contribution is 6.09. The summed E-state index contributed by atoms with van der Waals surface area (Å²) in [5.41, 5.74) is -0.764. The maximum atomic E-state index is 13.4. The van der Waals surface area contributed by atoms with Gasteiger partial charge in [-0.2, -0.15) is 0 Å². The first kappa shape index (κ1) is 34.7. The molecule has 2 saturated heterocycles. The van der Waals surface area contributed by atoms with Crippen LogP contribution in [0.25, 0.3) is 10.8 Å².